The Bertz CT molecular complexity index is 833. The lowest BCUT2D eigenvalue weighted by Crippen LogP contribution is -2.24. The van der Waals surface area contributed by atoms with E-state index in [-0.39, 0.29) is 12.2 Å². The van der Waals surface area contributed by atoms with Crippen molar-refractivity contribution in [1.29, 1.82) is 5.26 Å². The summed E-state index contributed by atoms with van der Waals surface area (Å²) < 4.78 is 16.5. The van der Waals surface area contributed by atoms with E-state index in [1.165, 1.54) is 6.08 Å². The van der Waals surface area contributed by atoms with E-state index in [1.807, 2.05) is 6.07 Å². The molecule has 0 aliphatic carbocycles. The first kappa shape index (κ1) is 19.3. The molecule has 2 aromatic rings. The van der Waals surface area contributed by atoms with Crippen molar-refractivity contribution in [2.75, 3.05) is 25.1 Å². The monoisotopic (exact) mass is 358 g/mol. The summed E-state index contributed by atoms with van der Waals surface area (Å²) in [6.07, 6.45) is 1.33. The highest BCUT2D eigenvalue weighted by Crippen LogP contribution is 2.28. The first-order valence-corrected chi connectivity index (χ1v) is 8.10. The van der Waals surface area contributed by atoms with Crippen LogP contribution in [0, 0.1) is 11.3 Å². The molecule has 0 spiro atoms. The summed E-state index contributed by atoms with van der Waals surface area (Å²) >= 11 is 0. The highest BCUT2D eigenvalue weighted by Gasteiger charge is 2.20. The summed E-state index contributed by atoms with van der Waals surface area (Å²) in [4.78, 5) is 13.8. The zero-order valence-electron chi connectivity index (χ0n) is 15.3. The Morgan fingerprint density at radius 3 is 2.54 bits per heavy atom. The third-order valence-electron chi connectivity index (χ3n) is 3.30. The fourth-order valence-corrected chi connectivity index (χ4v) is 2.10. The van der Waals surface area contributed by atoms with Gasteiger partial charge in [0.25, 0.3) is 0 Å². The molecule has 0 radical (unpaired) electrons. The van der Waals surface area contributed by atoms with Gasteiger partial charge in [0.2, 0.25) is 0 Å². The molecule has 0 bridgehead atoms. The quantitative estimate of drug-likeness (QED) is 0.481. The number of ether oxygens (including phenoxy) is 1. The fourth-order valence-electron chi connectivity index (χ4n) is 2.10. The van der Waals surface area contributed by atoms with Gasteiger partial charge in [-0.05, 0) is 39.0 Å². The van der Waals surface area contributed by atoms with Crippen molar-refractivity contribution in [2.45, 2.75) is 26.4 Å². The first-order chi connectivity index (χ1) is 12.2. The van der Waals surface area contributed by atoms with Crippen LogP contribution in [-0.4, -0.2) is 36.9 Å². The molecule has 0 aliphatic heterocycles. The number of likely N-dealkylation sites (N-methyl/N-ethyl adjacent to an activating group) is 1. The number of aliphatic hydroxyl groups excluding tert-OH is 1. The summed E-state index contributed by atoms with van der Waals surface area (Å²) in [5, 5.41) is 18.2. The summed E-state index contributed by atoms with van der Waals surface area (Å²) in [5.41, 5.74) is -0.837. The zero-order valence-corrected chi connectivity index (χ0v) is 15.3. The second kappa shape index (κ2) is 7.93. The van der Waals surface area contributed by atoms with Crippen LogP contribution < -0.4 is 4.90 Å². The van der Waals surface area contributed by atoms with Gasteiger partial charge in [-0.25, -0.2) is 4.79 Å². The number of aliphatic hydroxyl groups is 1. The first-order valence-electron chi connectivity index (χ1n) is 8.10. The highest BCUT2D eigenvalue weighted by atomic mass is 16.6. The topological polar surface area (TPSA) is 99.8 Å². The molecule has 2 heterocycles. The van der Waals surface area contributed by atoms with Gasteiger partial charge in [-0.3, -0.25) is 0 Å². The van der Waals surface area contributed by atoms with Crippen molar-refractivity contribution in [3.8, 4) is 17.6 Å². The minimum atomic E-state index is -0.705. The minimum absolute atomic E-state index is 0.0177. The van der Waals surface area contributed by atoms with Crippen LogP contribution >= 0.6 is 0 Å². The number of nitrogens with zero attached hydrogens (tertiary/aromatic N) is 2. The second-order valence-electron chi connectivity index (χ2n) is 6.66. The molecule has 0 amide bonds. The van der Waals surface area contributed by atoms with E-state index in [4.69, 9.17) is 18.7 Å². The van der Waals surface area contributed by atoms with Gasteiger partial charge in [0.15, 0.2) is 17.4 Å². The molecule has 26 heavy (non-hydrogen) atoms. The standard InChI is InChI=1S/C19H22N2O5/c1-19(2,3)26-18(23)13(12-20)11-14-5-6-15(24-14)16-7-8-17(25-16)21(4)9-10-22/h5-8,11,22H,9-10H2,1-4H3/b13-11+. The lowest BCUT2D eigenvalue weighted by Gasteiger charge is -2.18. The van der Waals surface area contributed by atoms with Crippen LogP contribution in [0.4, 0.5) is 5.88 Å². The number of esters is 1. The molecule has 1 N–H and O–H groups in total. The largest absolute Gasteiger partial charge is 0.456 e. The van der Waals surface area contributed by atoms with Gasteiger partial charge < -0.3 is 23.6 Å². The Labute approximate surface area is 152 Å². The van der Waals surface area contributed by atoms with Crippen LogP contribution in [0.3, 0.4) is 0 Å². The van der Waals surface area contributed by atoms with E-state index in [0.717, 1.165) is 0 Å². The maximum atomic E-state index is 12.0. The number of anilines is 1. The van der Waals surface area contributed by atoms with Gasteiger partial charge in [-0.2, -0.15) is 5.26 Å². The van der Waals surface area contributed by atoms with E-state index in [1.54, 1.807) is 57.0 Å². The van der Waals surface area contributed by atoms with E-state index >= 15 is 0 Å². The fraction of sp³-hybridized carbons (Fsp3) is 0.368. The number of nitriles is 1. The molecular weight excluding hydrogens is 336 g/mol. The normalized spacial score (nSPS) is 11.9. The third-order valence-corrected chi connectivity index (χ3v) is 3.30. The lowest BCUT2D eigenvalue weighted by atomic mass is 10.2. The lowest BCUT2D eigenvalue weighted by molar-refractivity contribution is -0.149. The van der Waals surface area contributed by atoms with Crippen LogP contribution in [-0.2, 0) is 9.53 Å². The summed E-state index contributed by atoms with van der Waals surface area (Å²) in [7, 11) is 1.80. The van der Waals surface area contributed by atoms with Crippen molar-refractivity contribution >= 4 is 17.9 Å². The van der Waals surface area contributed by atoms with Gasteiger partial charge in [-0.15, -0.1) is 0 Å². The Hall–Kier alpha value is -2.98. The van der Waals surface area contributed by atoms with Crippen molar-refractivity contribution in [1.82, 2.24) is 0 Å². The van der Waals surface area contributed by atoms with Crippen molar-refractivity contribution in [3.05, 3.63) is 35.6 Å². The molecule has 0 saturated carbocycles. The van der Waals surface area contributed by atoms with E-state index in [9.17, 15) is 10.1 Å². The van der Waals surface area contributed by atoms with Crippen LogP contribution in [0.25, 0.3) is 17.6 Å². The van der Waals surface area contributed by atoms with Gasteiger partial charge in [0.1, 0.15) is 23.0 Å². The highest BCUT2D eigenvalue weighted by molar-refractivity contribution is 5.97. The van der Waals surface area contributed by atoms with E-state index in [2.05, 4.69) is 0 Å². The molecule has 2 rings (SSSR count). The zero-order chi connectivity index (χ0) is 19.3. The molecule has 7 heteroatoms. The minimum Gasteiger partial charge on any atom is -0.456 e. The van der Waals surface area contributed by atoms with Gasteiger partial charge in [-0.1, -0.05) is 0 Å². The molecule has 2 aromatic heterocycles. The number of carbonyl (C=O) groups excluding carboxylic acids is 1. The molecule has 7 nitrogen and oxygen atoms in total. The number of carbonyl (C=O) groups is 1. The van der Waals surface area contributed by atoms with Gasteiger partial charge in [0, 0.05) is 25.7 Å². The average molecular weight is 358 g/mol. The third kappa shape index (κ3) is 5.01. The van der Waals surface area contributed by atoms with E-state index in [0.29, 0.717) is 29.7 Å². The van der Waals surface area contributed by atoms with Gasteiger partial charge in [0.05, 0.1) is 6.61 Å². The summed E-state index contributed by atoms with van der Waals surface area (Å²) in [6.45, 7) is 5.65. The summed E-state index contributed by atoms with van der Waals surface area (Å²) in [5.74, 6) is 1.18. The molecule has 0 saturated heterocycles. The SMILES string of the molecule is CN(CCO)c1ccc(-c2ccc(/C=C(\C#N)C(=O)OC(C)(C)C)o2)o1. The Morgan fingerprint density at radius 1 is 1.27 bits per heavy atom. The Kier molecular flexibility index (Phi) is 5.90. The van der Waals surface area contributed by atoms with Crippen LogP contribution in [0.2, 0.25) is 0 Å². The molecule has 138 valence electrons. The predicted molar refractivity (Wildman–Crippen MR) is 96.2 cm³/mol. The van der Waals surface area contributed by atoms with Crippen molar-refractivity contribution < 1.29 is 23.5 Å². The molecule has 0 aliphatic rings. The van der Waals surface area contributed by atoms with Crippen molar-refractivity contribution in [3.63, 3.8) is 0 Å². The molecule has 0 atom stereocenters. The maximum absolute atomic E-state index is 12.0. The van der Waals surface area contributed by atoms with E-state index < -0.39 is 11.6 Å². The Balaban J connectivity index is 2.19. The molecule has 0 unspecified atom stereocenters. The maximum Gasteiger partial charge on any atom is 0.349 e. The number of rotatable bonds is 6. The second-order valence-corrected chi connectivity index (χ2v) is 6.66. The number of furan rings is 2. The average Bonchev–Trinajstić information content (AvgIpc) is 3.20. The molecule has 0 fully saturated rings. The van der Waals surface area contributed by atoms with Crippen molar-refractivity contribution in [2.24, 2.45) is 0 Å². The predicted octanol–water partition coefficient (Wildman–Crippen LogP) is 3.22. The smallest absolute Gasteiger partial charge is 0.349 e. The number of hydrogen-bond donors (Lipinski definition) is 1. The van der Waals surface area contributed by atoms with Crippen LogP contribution in [0.5, 0.6) is 0 Å². The van der Waals surface area contributed by atoms with Gasteiger partial charge >= 0.3 is 5.97 Å². The van der Waals surface area contributed by atoms with Crippen LogP contribution in [0.15, 0.2) is 38.7 Å². The summed E-state index contributed by atoms with van der Waals surface area (Å²) in [6, 6.07) is 8.66. The molecular formula is C19H22N2O5. The van der Waals surface area contributed by atoms with Crippen LogP contribution in [0.1, 0.15) is 26.5 Å². The Morgan fingerprint density at radius 2 is 1.92 bits per heavy atom. The number of hydrogen-bond acceptors (Lipinski definition) is 7. The molecule has 0 aromatic carbocycles.